The van der Waals surface area contributed by atoms with E-state index in [0.29, 0.717) is 6.42 Å². The van der Waals surface area contributed by atoms with E-state index >= 15 is 0 Å². The second-order valence-corrected chi connectivity index (χ2v) is 4.05. The zero-order valence-electron chi connectivity index (χ0n) is 10.8. The van der Waals surface area contributed by atoms with E-state index in [1.54, 1.807) is 0 Å². The van der Waals surface area contributed by atoms with Crippen LogP contribution in [0.1, 0.15) is 18.1 Å². The molecule has 4 heteroatoms. The van der Waals surface area contributed by atoms with Crippen molar-refractivity contribution in [3.8, 4) is 0 Å². The van der Waals surface area contributed by atoms with E-state index in [0.717, 1.165) is 12.0 Å². The Balaban J connectivity index is 2.70. The van der Waals surface area contributed by atoms with Gasteiger partial charge in [-0.15, -0.1) is 0 Å². The molecule has 98 valence electrons. The standard InChI is InChI=1S/C14H19NO3/c1-4-11-5-7-12(8-6-11)9-13(10(2)16)15-14(17)18-3/h5-8,13,16H,2,4,9H2,1,3H3,(H,15,17)/t13-/m0/s1. The smallest absolute Gasteiger partial charge is 0.407 e. The second-order valence-electron chi connectivity index (χ2n) is 4.05. The Morgan fingerprint density at radius 2 is 1.94 bits per heavy atom. The number of amides is 1. The number of alkyl carbamates (subject to hydrolysis) is 1. The van der Waals surface area contributed by atoms with Gasteiger partial charge in [-0.25, -0.2) is 4.79 Å². The Bertz CT molecular complexity index is 412. The quantitative estimate of drug-likeness (QED) is 0.788. The van der Waals surface area contributed by atoms with Crippen LogP contribution in [0.5, 0.6) is 0 Å². The van der Waals surface area contributed by atoms with Crippen LogP contribution in [0.4, 0.5) is 4.79 Å². The van der Waals surface area contributed by atoms with Crippen LogP contribution in [0.2, 0.25) is 0 Å². The summed E-state index contributed by atoms with van der Waals surface area (Å²) in [6.45, 7) is 5.55. The fraction of sp³-hybridized carbons (Fsp3) is 0.357. The maximum atomic E-state index is 11.1. The molecule has 0 aliphatic heterocycles. The molecule has 1 rings (SSSR count). The Labute approximate surface area is 107 Å². The van der Waals surface area contributed by atoms with Crippen molar-refractivity contribution in [3.05, 3.63) is 47.7 Å². The van der Waals surface area contributed by atoms with Gasteiger partial charge in [0.2, 0.25) is 0 Å². The molecule has 1 amide bonds. The van der Waals surface area contributed by atoms with Gasteiger partial charge in [-0.05, 0) is 24.0 Å². The van der Waals surface area contributed by atoms with Gasteiger partial charge in [-0.2, -0.15) is 0 Å². The lowest BCUT2D eigenvalue weighted by atomic mass is 10.0. The average molecular weight is 249 g/mol. The first-order valence-electron chi connectivity index (χ1n) is 5.86. The van der Waals surface area contributed by atoms with E-state index in [9.17, 15) is 9.90 Å². The SMILES string of the molecule is C=C(O)[C@H](Cc1ccc(CC)cc1)NC(=O)OC. The van der Waals surface area contributed by atoms with Crippen molar-refractivity contribution in [1.82, 2.24) is 5.32 Å². The number of methoxy groups -OCH3 is 1. The molecule has 1 atom stereocenters. The summed E-state index contributed by atoms with van der Waals surface area (Å²) in [5, 5.41) is 12.0. The molecule has 18 heavy (non-hydrogen) atoms. The summed E-state index contributed by atoms with van der Waals surface area (Å²) in [7, 11) is 1.28. The van der Waals surface area contributed by atoms with Gasteiger partial charge in [0.05, 0.1) is 13.2 Å². The molecule has 0 aliphatic rings. The van der Waals surface area contributed by atoms with E-state index in [1.165, 1.54) is 12.7 Å². The number of aryl methyl sites for hydroxylation is 1. The first-order chi connectivity index (χ1) is 8.56. The maximum absolute atomic E-state index is 11.1. The van der Waals surface area contributed by atoms with Crippen molar-refractivity contribution in [1.29, 1.82) is 0 Å². The zero-order valence-corrected chi connectivity index (χ0v) is 10.8. The highest BCUT2D eigenvalue weighted by Gasteiger charge is 2.15. The molecule has 1 aromatic carbocycles. The first kappa shape index (κ1) is 14.1. The summed E-state index contributed by atoms with van der Waals surface area (Å²) in [6.07, 6.45) is 0.881. The lowest BCUT2D eigenvalue weighted by Gasteiger charge is -2.16. The van der Waals surface area contributed by atoms with Crippen LogP contribution in [0, 0.1) is 0 Å². The maximum Gasteiger partial charge on any atom is 0.407 e. The van der Waals surface area contributed by atoms with Crippen LogP contribution in [0.3, 0.4) is 0 Å². The monoisotopic (exact) mass is 249 g/mol. The molecular weight excluding hydrogens is 230 g/mol. The highest BCUT2D eigenvalue weighted by molar-refractivity contribution is 5.67. The molecule has 0 radical (unpaired) electrons. The van der Waals surface area contributed by atoms with E-state index < -0.39 is 12.1 Å². The summed E-state index contributed by atoms with van der Waals surface area (Å²) < 4.78 is 4.50. The van der Waals surface area contributed by atoms with E-state index in [2.05, 4.69) is 23.6 Å². The van der Waals surface area contributed by atoms with Crippen LogP contribution in [-0.2, 0) is 17.6 Å². The Morgan fingerprint density at radius 3 is 2.39 bits per heavy atom. The molecule has 1 aromatic rings. The largest absolute Gasteiger partial charge is 0.511 e. The summed E-state index contributed by atoms with van der Waals surface area (Å²) in [5.74, 6) is -0.0834. The van der Waals surface area contributed by atoms with Crippen LogP contribution < -0.4 is 5.32 Å². The molecule has 2 N–H and O–H groups in total. The number of carbonyl (C=O) groups is 1. The van der Waals surface area contributed by atoms with Crippen molar-refractivity contribution >= 4 is 6.09 Å². The van der Waals surface area contributed by atoms with E-state index in [-0.39, 0.29) is 5.76 Å². The van der Waals surface area contributed by atoms with Crippen molar-refractivity contribution in [2.45, 2.75) is 25.8 Å². The summed E-state index contributed by atoms with van der Waals surface area (Å²) in [5.41, 5.74) is 2.27. The summed E-state index contributed by atoms with van der Waals surface area (Å²) >= 11 is 0. The van der Waals surface area contributed by atoms with Crippen LogP contribution >= 0.6 is 0 Å². The summed E-state index contributed by atoms with van der Waals surface area (Å²) in [6, 6.07) is 7.49. The predicted octanol–water partition coefficient (Wildman–Crippen LogP) is 2.59. The third-order valence-corrected chi connectivity index (χ3v) is 2.75. The molecule has 0 saturated heterocycles. The Morgan fingerprint density at radius 1 is 1.39 bits per heavy atom. The van der Waals surface area contributed by atoms with Crippen molar-refractivity contribution in [3.63, 3.8) is 0 Å². The van der Waals surface area contributed by atoms with Crippen LogP contribution in [0.15, 0.2) is 36.6 Å². The minimum absolute atomic E-state index is 0.0834. The van der Waals surface area contributed by atoms with Crippen LogP contribution in [0.25, 0.3) is 0 Å². The van der Waals surface area contributed by atoms with Gasteiger partial charge >= 0.3 is 6.09 Å². The molecule has 0 aliphatic carbocycles. The lowest BCUT2D eigenvalue weighted by Crippen LogP contribution is -2.37. The molecule has 0 spiro atoms. The van der Waals surface area contributed by atoms with Gasteiger partial charge in [-0.3, -0.25) is 0 Å². The number of nitrogens with one attached hydrogen (secondary N) is 1. The van der Waals surface area contributed by atoms with Gasteiger partial charge in [0.15, 0.2) is 0 Å². The molecule has 0 bridgehead atoms. The van der Waals surface area contributed by atoms with E-state index in [1.807, 2.05) is 24.3 Å². The Kier molecular flexibility index (Phi) is 5.24. The zero-order chi connectivity index (χ0) is 13.5. The molecule has 0 heterocycles. The van der Waals surface area contributed by atoms with Crippen molar-refractivity contribution in [2.75, 3.05) is 7.11 Å². The van der Waals surface area contributed by atoms with Gasteiger partial charge in [0, 0.05) is 0 Å². The van der Waals surface area contributed by atoms with E-state index in [4.69, 9.17) is 0 Å². The highest BCUT2D eigenvalue weighted by atomic mass is 16.5. The van der Waals surface area contributed by atoms with Crippen molar-refractivity contribution in [2.24, 2.45) is 0 Å². The lowest BCUT2D eigenvalue weighted by molar-refractivity contribution is 0.165. The normalized spacial score (nSPS) is 11.7. The van der Waals surface area contributed by atoms with Crippen LogP contribution in [-0.4, -0.2) is 24.4 Å². The van der Waals surface area contributed by atoms with Gasteiger partial charge in [-0.1, -0.05) is 37.8 Å². The summed E-state index contributed by atoms with van der Waals surface area (Å²) in [4.78, 5) is 11.1. The number of rotatable bonds is 5. The second kappa shape index (κ2) is 6.69. The topological polar surface area (TPSA) is 58.6 Å². The number of hydrogen-bond donors (Lipinski definition) is 2. The fourth-order valence-electron chi connectivity index (χ4n) is 1.60. The number of aliphatic hydroxyl groups is 1. The highest BCUT2D eigenvalue weighted by Crippen LogP contribution is 2.10. The van der Waals surface area contributed by atoms with Gasteiger partial charge in [0.1, 0.15) is 5.76 Å². The van der Waals surface area contributed by atoms with Gasteiger partial charge in [0.25, 0.3) is 0 Å². The molecule has 0 unspecified atom stereocenters. The minimum Gasteiger partial charge on any atom is -0.511 e. The Hall–Kier alpha value is -1.97. The first-order valence-corrected chi connectivity index (χ1v) is 5.86. The number of aliphatic hydroxyl groups excluding tert-OH is 1. The molecular formula is C14H19NO3. The number of carbonyl (C=O) groups excluding carboxylic acids is 1. The molecule has 4 nitrogen and oxygen atoms in total. The molecule has 0 aromatic heterocycles. The van der Waals surface area contributed by atoms with Gasteiger partial charge < -0.3 is 15.2 Å². The number of benzene rings is 1. The molecule has 0 fully saturated rings. The minimum atomic E-state index is -0.583. The van der Waals surface area contributed by atoms with Crippen molar-refractivity contribution < 1.29 is 14.6 Å². The average Bonchev–Trinajstić information content (AvgIpc) is 2.38. The third kappa shape index (κ3) is 4.13. The number of hydrogen-bond acceptors (Lipinski definition) is 3. The number of ether oxygens (including phenoxy) is 1. The molecule has 0 saturated carbocycles. The fourth-order valence-corrected chi connectivity index (χ4v) is 1.60. The predicted molar refractivity (Wildman–Crippen MR) is 70.6 cm³/mol. The third-order valence-electron chi connectivity index (χ3n) is 2.75.